The minimum atomic E-state index is 0.510. The molecule has 189 valence electrons. The molecule has 0 radical (unpaired) electrons. The average molecular weight is 565 g/mol. The van der Waals surface area contributed by atoms with Crippen LogP contribution in [-0.4, -0.2) is 0 Å². The van der Waals surface area contributed by atoms with Gasteiger partial charge in [0.15, 0.2) is 0 Å². The molecule has 8 fully saturated rings. The van der Waals surface area contributed by atoms with Gasteiger partial charge in [-0.3, -0.25) is 0 Å². The summed E-state index contributed by atoms with van der Waals surface area (Å²) in [5.41, 5.74) is 10.1. The van der Waals surface area contributed by atoms with Crippen molar-refractivity contribution < 1.29 is 24.7 Å². The van der Waals surface area contributed by atoms with E-state index in [1.165, 1.54) is 56.1 Å². The summed E-state index contributed by atoms with van der Waals surface area (Å²) in [6, 6.07) is 17.3. The van der Waals surface area contributed by atoms with E-state index in [1.807, 2.05) is 0 Å². The van der Waals surface area contributed by atoms with Crippen LogP contribution in [0.3, 0.4) is 0 Å². The summed E-state index contributed by atoms with van der Waals surface area (Å²) in [6.07, 6.45) is 20.9. The first-order chi connectivity index (χ1) is 18.1. The number of hydrogen-bond donors (Lipinski definition) is 0. The third-order valence-corrected chi connectivity index (χ3v) is 14.6. The van der Waals surface area contributed by atoms with Gasteiger partial charge >= 0.3 is 240 Å². The Balaban J connectivity index is 1.01. The molecule has 1 atom stereocenters. The molecule has 8 bridgehead atoms. The first-order valence-corrected chi connectivity index (χ1v) is 17.2. The fourth-order valence-corrected chi connectivity index (χ4v) is 13.1. The fraction of sp³-hybridized carbons (Fsp3) is 0.611. The molecule has 1 heteroatoms. The van der Waals surface area contributed by atoms with Crippen molar-refractivity contribution in [3.05, 3.63) is 64.7 Å². The molecule has 0 amide bonds. The van der Waals surface area contributed by atoms with E-state index in [0.717, 1.165) is 47.3 Å². The van der Waals surface area contributed by atoms with E-state index in [4.69, 9.17) is 0 Å². The van der Waals surface area contributed by atoms with Crippen molar-refractivity contribution in [2.45, 2.75) is 86.1 Å². The minimum absolute atomic E-state index is 0.510. The Labute approximate surface area is 238 Å². The number of rotatable bonds is 4. The van der Waals surface area contributed by atoms with Crippen molar-refractivity contribution in [3.8, 4) is 11.1 Å². The second kappa shape index (κ2) is 8.29. The molecule has 9 aliphatic rings. The van der Waals surface area contributed by atoms with Crippen LogP contribution in [0, 0.1) is 47.3 Å². The van der Waals surface area contributed by atoms with Crippen molar-refractivity contribution in [1.29, 1.82) is 0 Å². The van der Waals surface area contributed by atoms with Gasteiger partial charge < -0.3 is 0 Å². The standard InChI is InChI=1S/C36H41.Zr/c1-2-29-12-24(17-34-30-13-22-8-23(15-30)16-31(34)14-22)18-35(29)33(3-1)28-4-6-32(7-5-28)36-19-25-9-26(20-36)11-27(10-25)21-36;/h1-7,12,18,22-23,25-27,30-31,34H,8-11,13-17,19-21H2;. The van der Waals surface area contributed by atoms with Gasteiger partial charge in [-0.05, 0) is 0 Å². The summed E-state index contributed by atoms with van der Waals surface area (Å²) in [7, 11) is 0. The van der Waals surface area contributed by atoms with Crippen molar-refractivity contribution in [2.24, 2.45) is 47.3 Å². The summed E-state index contributed by atoms with van der Waals surface area (Å²) in [6.45, 7) is 0. The van der Waals surface area contributed by atoms with Gasteiger partial charge in [-0.15, -0.1) is 0 Å². The zero-order valence-electron chi connectivity index (χ0n) is 22.3. The summed E-state index contributed by atoms with van der Waals surface area (Å²) < 4.78 is 0.686. The Morgan fingerprint density at radius 1 is 0.676 bits per heavy atom. The van der Waals surface area contributed by atoms with Crippen LogP contribution in [0.25, 0.3) is 17.2 Å². The second-order valence-corrected chi connectivity index (χ2v) is 16.5. The molecule has 0 N–H and O–H groups in total. The van der Waals surface area contributed by atoms with Crippen molar-refractivity contribution in [1.82, 2.24) is 0 Å². The van der Waals surface area contributed by atoms with Gasteiger partial charge in [0.1, 0.15) is 0 Å². The predicted octanol–water partition coefficient (Wildman–Crippen LogP) is 9.27. The second-order valence-electron chi connectivity index (χ2n) is 15.0. The molecule has 2 aromatic rings. The molecule has 37 heavy (non-hydrogen) atoms. The zero-order chi connectivity index (χ0) is 24.3. The van der Waals surface area contributed by atoms with E-state index >= 15 is 0 Å². The average Bonchev–Trinajstić information content (AvgIpc) is 3.20. The normalized spacial score (nSPS) is 44.3. The van der Waals surface area contributed by atoms with Gasteiger partial charge in [0.2, 0.25) is 0 Å². The van der Waals surface area contributed by atoms with Gasteiger partial charge in [-0.1, -0.05) is 0 Å². The number of hydrogen-bond acceptors (Lipinski definition) is 0. The van der Waals surface area contributed by atoms with Crippen LogP contribution in [0.2, 0.25) is 0 Å². The van der Waals surface area contributed by atoms with E-state index < -0.39 is 0 Å². The Morgan fingerprint density at radius 2 is 1.27 bits per heavy atom. The Kier molecular flexibility index (Phi) is 5.12. The molecule has 2 aromatic carbocycles. The molecule has 11 rings (SSSR count). The van der Waals surface area contributed by atoms with E-state index in [2.05, 4.69) is 48.5 Å². The molecule has 0 saturated heterocycles. The Bertz CT molecular complexity index is 1200. The van der Waals surface area contributed by atoms with Gasteiger partial charge in [0.25, 0.3) is 0 Å². The first-order valence-electron chi connectivity index (χ1n) is 15.8. The predicted molar refractivity (Wildman–Crippen MR) is 148 cm³/mol. The van der Waals surface area contributed by atoms with Gasteiger partial charge in [-0.25, -0.2) is 0 Å². The topological polar surface area (TPSA) is 0 Å². The SMILES string of the molecule is [Zr][CH]1C(CC2C3CC4CC(C3)CC2C4)=Cc2c(-c3ccc(C45CC6CC(CC(C6)C4)C5)cc3)cccc21. The molecule has 0 aliphatic heterocycles. The zero-order valence-corrected chi connectivity index (χ0v) is 24.8. The van der Waals surface area contributed by atoms with Crippen molar-refractivity contribution in [2.75, 3.05) is 0 Å². The molecule has 9 aliphatic carbocycles. The maximum atomic E-state index is 2.67. The summed E-state index contributed by atoms with van der Waals surface area (Å²) in [5.74, 6) is 8.30. The molecular formula is C36H41Zr. The van der Waals surface area contributed by atoms with E-state index in [9.17, 15) is 0 Å². The number of fused-ring (bicyclic) bond motifs is 1. The van der Waals surface area contributed by atoms with Gasteiger partial charge in [0.05, 0.1) is 0 Å². The summed E-state index contributed by atoms with van der Waals surface area (Å²) in [4.78, 5) is 0. The van der Waals surface area contributed by atoms with Crippen LogP contribution in [0.1, 0.15) is 97.4 Å². The molecule has 0 spiro atoms. The molecule has 0 aromatic heterocycles. The van der Waals surface area contributed by atoms with Crippen LogP contribution in [0.4, 0.5) is 0 Å². The summed E-state index contributed by atoms with van der Waals surface area (Å²) in [5, 5.41) is 0. The van der Waals surface area contributed by atoms with E-state index in [0.29, 0.717) is 9.04 Å². The van der Waals surface area contributed by atoms with Crippen LogP contribution in [-0.2, 0) is 30.1 Å². The Hall–Kier alpha value is -0.937. The third kappa shape index (κ3) is 3.54. The first kappa shape index (κ1) is 22.8. The molecule has 0 nitrogen and oxygen atoms in total. The fourth-order valence-electron chi connectivity index (χ4n) is 12.0. The monoisotopic (exact) mass is 563 g/mol. The maximum absolute atomic E-state index is 2.67. The molecule has 0 heterocycles. The van der Waals surface area contributed by atoms with E-state index in [-0.39, 0.29) is 0 Å². The van der Waals surface area contributed by atoms with Crippen molar-refractivity contribution >= 4 is 6.08 Å². The van der Waals surface area contributed by atoms with Crippen LogP contribution in [0.15, 0.2) is 48.0 Å². The van der Waals surface area contributed by atoms with E-state index in [1.54, 1.807) is 79.1 Å². The van der Waals surface area contributed by atoms with Crippen molar-refractivity contribution in [3.63, 3.8) is 0 Å². The number of benzene rings is 2. The molecule has 8 saturated carbocycles. The molecular weight excluding hydrogens is 524 g/mol. The summed E-state index contributed by atoms with van der Waals surface area (Å²) >= 11 is 1.69. The van der Waals surface area contributed by atoms with Crippen LogP contribution in [0.5, 0.6) is 0 Å². The number of allylic oxidation sites excluding steroid dienone is 1. The van der Waals surface area contributed by atoms with Crippen LogP contribution >= 0.6 is 0 Å². The third-order valence-electron chi connectivity index (χ3n) is 12.9. The molecule has 1 unspecified atom stereocenters. The van der Waals surface area contributed by atoms with Crippen LogP contribution < -0.4 is 0 Å². The van der Waals surface area contributed by atoms with Gasteiger partial charge in [-0.2, -0.15) is 0 Å². The Morgan fingerprint density at radius 3 is 1.89 bits per heavy atom. The quantitative estimate of drug-likeness (QED) is 0.347. The van der Waals surface area contributed by atoms with Gasteiger partial charge in [0, 0.05) is 0 Å².